The van der Waals surface area contributed by atoms with E-state index in [0.29, 0.717) is 19.5 Å². The Balaban J connectivity index is 2.03. The fraction of sp³-hybridized carbons (Fsp3) is 0.643. The molecule has 1 aromatic rings. The number of rotatable bonds is 3. The number of nitrogens with one attached hydrogen (secondary N) is 3. The number of anilines is 1. The Kier molecular flexibility index (Phi) is 4.32. The molecule has 0 radical (unpaired) electrons. The molecule has 21 heavy (non-hydrogen) atoms. The SMILES string of the molecule is Cc1n[nH]c(C)c1NC(=O)CN1CCNC(=O)CC1(C)C. The molecule has 2 amide bonds. The predicted octanol–water partition coefficient (Wildman–Crippen LogP) is 0.566. The molecule has 7 nitrogen and oxygen atoms in total. The molecular formula is C14H23N5O2. The van der Waals surface area contributed by atoms with Gasteiger partial charge in [0, 0.05) is 25.0 Å². The highest BCUT2D eigenvalue weighted by atomic mass is 16.2. The summed E-state index contributed by atoms with van der Waals surface area (Å²) in [5.74, 6) is -0.0607. The minimum Gasteiger partial charge on any atom is -0.355 e. The standard InChI is InChI=1S/C14H23N5O2/c1-9-13(10(2)18-17-9)16-12(21)8-19-6-5-15-11(20)7-14(19,3)4/h5-8H2,1-4H3,(H,15,20)(H,16,21)(H,17,18). The molecule has 0 unspecified atom stereocenters. The van der Waals surface area contributed by atoms with E-state index in [-0.39, 0.29) is 23.9 Å². The van der Waals surface area contributed by atoms with Gasteiger partial charge in [0.25, 0.3) is 0 Å². The lowest BCUT2D eigenvalue weighted by Gasteiger charge is -2.35. The van der Waals surface area contributed by atoms with Crippen molar-refractivity contribution >= 4 is 17.5 Å². The van der Waals surface area contributed by atoms with E-state index in [2.05, 4.69) is 20.8 Å². The summed E-state index contributed by atoms with van der Waals surface area (Å²) in [6, 6.07) is 0. The van der Waals surface area contributed by atoms with E-state index in [0.717, 1.165) is 17.1 Å². The van der Waals surface area contributed by atoms with Crippen LogP contribution < -0.4 is 10.6 Å². The van der Waals surface area contributed by atoms with Crippen molar-refractivity contribution < 1.29 is 9.59 Å². The van der Waals surface area contributed by atoms with Gasteiger partial charge in [-0.2, -0.15) is 5.10 Å². The molecule has 1 saturated heterocycles. The number of aromatic amines is 1. The van der Waals surface area contributed by atoms with E-state index < -0.39 is 0 Å². The Morgan fingerprint density at radius 2 is 2.14 bits per heavy atom. The zero-order chi connectivity index (χ0) is 15.6. The molecule has 0 atom stereocenters. The lowest BCUT2D eigenvalue weighted by molar-refractivity contribution is -0.123. The summed E-state index contributed by atoms with van der Waals surface area (Å²) in [4.78, 5) is 25.9. The Hall–Kier alpha value is -1.89. The average Bonchev–Trinajstić information content (AvgIpc) is 2.61. The van der Waals surface area contributed by atoms with E-state index in [1.165, 1.54) is 0 Å². The Morgan fingerprint density at radius 3 is 2.76 bits per heavy atom. The Bertz CT molecular complexity index is 530. The van der Waals surface area contributed by atoms with Gasteiger partial charge >= 0.3 is 0 Å². The van der Waals surface area contributed by atoms with Crippen LogP contribution in [0, 0.1) is 13.8 Å². The maximum atomic E-state index is 12.3. The maximum absolute atomic E-state index is 12.3. The van der Waals surface area contributed by atoms with Crippen LogP contribution in [0.25, 0.3) is 0 Å². The van der Waals surface area contributed by atoms with Crippen molar-refractivity contribution in [1.82, 2.24) is 20.4 Å². The second-order valence-corrected chi connectivity index (χ2v) is 6.12. The first-order valence-electron chi connectivity index (χ1n) is 7.13. The number of aryl methyl sites for hydroxylation is 2. The molecule has 1 aromatic heterocycles. The molecule has 1 aliphatic rings. The Morgan fingerprint density at radius 1 is 1.43 bits per heavy atom. The second-order valence-electron chi connectivity index (χ2n) is 6.12. The highest BCUT2D eigenvalue weighted by molar-refractivity contribution is 5.93. The van der Waals surface area contributed by atoms with Crippen molar-refractivity contribution in [3.63, 3.8) is 0 Å². The smallest absolute Gasteiger partial charge is 0.238 e. The number of amides is 2. The van der Waals surface area contributed by atoms with Crippen molar-refractivity contribution in [3.8, 4) is 0 Å². The van der Waals surface area contributed by atoms with Crippen molar-refractivity contribution in [3.05, 3.63) is 11.4 Å². The first-order chi connectivity index (χ1) is 9.79. The largest absolute Gasteiger partial charge is 0.355 e. The van der Waals surface area contributed by atoms with Crippen LogP contribution in [-0.2, 0) is 9.59 Å². The molecule has 3 N–H and O–H groups in total. The van der Waals surface area contributed by atoms with Crippen LogP contribution in [0.3, 0.4) is 0 Å². The summed E-state index contributed by atoms with van der Waals surface area (Å²) in [6.45, 7) is 9.17. The third-order valence-corrected chi connectivity index (χ3v) is 3.88. The number of hydrogen-bond donors (Lipinski definition) is 3. The van der Waals surface area contributed by atoms with Crippen molar-refractivity contribution in [2.24, 2.45) is 0 Å². The van der Waals surface area contributed by atoms with Gasteiger partial charge in [-0.15, -0.1) is 0 Å². The molecule has 0 bridgehead atoms. The van der Waals surface area contributed by atoms with Crippen LogP contribution >= 0.6 is 0 Å². The number of H-pyrrole nitrogens is 1. The van der Waals surface area contributed by atoms with Gasteiger partial charge < -0.3 is 10.6 Å². The molecule has 116 valence electrons. The summed E-state index contributed by atoms with van der Waals surface area (Å²) in [6.07, 6.45) is 0.393. The number of carbonyl (C=O) groups excluding carboxylic acids is 2. The summed E-state index contributed by atoms with van der Waals surface area (Å²) in [5.41, 5.74) is 2.01. The average molecular weight is 293 g/mol. The fourth-order valence-corrected chi connectivity index (χ4v) is 2.58. The highest BCUT2D eigenvalue weighted by Gasteiger charge is 2.33. The van der Waals surface area contributed by atoms with Crippen LogP contribution in [0.15, 0.2) is 0 Å². The quantitative estimate of drug-likeness (QED) is 0.760. The number of nitrogens with zero attached hydrogens (tertiary/aromatic N) is 2. The number of aromatic nitrogens is 2. The van der Waals surface area contributed by atoms with Gasteiger partial charge in [-0.3, -0.25) is 19.6 Å². The van der Waals surface area contributed by atoms with Crippen molar-refractivity contribution in [1.29, 1.82) is 0 Å². The molecule has 0 spiro atoms. The van der Waals surface area contributed by atoms with Crippen molar-refractivity contribution in [2.75, 3.05) is 25.0 Å². The van der Waals surface area contributed by atoms with Crippen LogP contribution in [-0.4, -0.2) is 52.1 Å². The molecule has 2 rings (SSSR count). The van der Waals surface area contributed by atoms with E-state index in [4.69, 9.17) is 0 Å². The molecule has 1 fully saturated rings. The monoisotopic (exact) mass is 293 g/mol. The third kappa shape index (κ3) is 3.60. The molecule has 0 saturated carbocycles. The molecule has 7 heteroatoms. The summed E-state index contributed by atoms with van der Waals surface area (Å²) >= 11 is 0. The summed E-state index contributed by atoms with van der Waals surface area (Å²) in [5, 5.41) is 12.6. The fourth-order valence-electron chi connectivity index (χ4n) is 2.58. The molecule has 0 aliphatic carbocycles. The van der Waals surface area contributed by atoms with E-state index in [9.17, 15) is 9.59 Å². The molecule has 2 heterocycles. The van der Waals surface area contributed by atoms with Crippen molar-refractivity contribution in [2.45, 2.75) is 39.7 Å². The topological polar surface area (TPSA) is 90.1 Å². The van der Waals surface area contributed by atoms with E-state index >= 15 is 0 Å². The summed E-state index contributed by atoms with van der Waals surface area (Å²) in [7, 11) is 0. The van der Waals surface area contributed by atoms with Crippen LogP contribution in [0.2, 0.25) is 0 Å². The zero-order valence-corrected chi connectivity index (χ0v) is 13.0. The lowest BCUT2D eigenvalue weighted by atomic mass is 9.98. The highest BCUT2D eigenvalue weighted by Crippen LogP contribution is 2.21. The van der Waals surface area contributed by atoms with Gasteiger partial charge in [-0.1, -0.05) is 0 Å². The zero-order valence-electron chi connectivity index (χ0n) is 13.0. The van der Waals surface area contributed by atoms with E-state index in [1.807, 2.05) is 32.6 Å². The second kappa shape index (κ2) is 5.85. The number of carbonyl (C=O) groups is 2. The van der Waals surface area contributed by atoms with Crippen LogP contribution in [0.5, 0.6) is 0 Å². The van der Waals surface area contributed by atoms with Gasteiger partial charge in [0.1, 0.15) is 0 Å². The van der Waals surface area contributed by atoms with Crippen LogP contribution in [0.4, 0.5) is 5.69 Å². The summed E-state index contributed by atoms with van der Waals surface area (Å²) < 4.78 is 0. The minimum atomic E-state index is -0.335. The van der Waals surface area contributed by atoms with Gasteiger partial charge in [0.05, 0.1) is 23.6 Å². The molecule has 0 aromatic carbocycles. The van der Waals surface area contributed by atoms with Gasteiger partial charge in [0.15, 0.2) is 0 Å². The van der Waals surface area contributed by atoms with E-state index in [1.54, 1.807) is 0 Å². The minimum absolute atomic E-state index is 0.0319. The van der Waals surface area contributed by atoms with Gasteiger partial charge in [-0.05, 0) is 27.7 Å². The molecular weight excluding hydrogens is 270 g/mol. The van der Waals surface area contributed by atoms with Gasteiger partial charge in [-0.25, -0.2) is 0 Å². The first-order valence-corrected chi connectivity index (χ1v) is 7.13. The normalized spacial score (nSPS) is 19.0. The maximum Gasteiger partial charge on any atom is 0.238 e. The lowest BCUT2D eigenvalue weighted by Crippen LogP contribution is -2.48. The third-order valence-electron chi connectivity index (χ3n) is 3.88. The van der Waals surface area contributed by atoms with Gasteiger partial charge in [0.2, 0.25) is 11.8 Å². The van der Waals surface area contributed by atoms with Crippen LogP contribution in [0.1, 0.15) is 31.7 Å². The molecule has 1 aliphatic heterocycles. The predicted molar refractivity (Wildman–Crippen MR) is 80.0 cm³/mol. The Labute approximate surface area is 124 Å². The number of hydrogen-bond acceptors (Lipinski definition) is 4. The first kappa shape index (κ1) is 15.5.